The molecule has 0 bridgehead atoms. The first-order valence-corrected chi connectivity index (χ1v) is 9.83. The van der Waals surface area contributed by atoms with Gasteiger partial charge in [0.15, 0.2) is 0 Å². The lowest BCUT2D eigenvalue weighted by Gasteiger charge is -2.32. The van der Waals surface area contributed by atoms with Gasteiger partial charge in [0.1, 0.15) is 0 Å². The van der Waals surface area contributed by atoms with Crippen LogP contribution < -0.4 is 5.32 Å². The van der Waals surface area contributed by atoms with Crippen LogP contribution in [0, 0.1) is 11.8 Å². The number of carboxylic acids is 2. The van der Waals surface area contributed by atoms with E-state index in [1.54, 1.807) is 0 Å². The van der Waals surface area contributed by atoms with Gasteiger partial charge in [0, 0.05) is 31.2 Å². The molecular formula is C20H27Cl2NO5. The Labute approximate surface area is 175 Å². The second-order valence-corrected chi connectivity index (χ2v) is 7.79. The Morgan fingerprint density at radius 3 is 2.39 bits per heavy atom. The highest BCUT2D eigenvalue weighted by Crippen LogP contribution is 2.34. The van der Waals surface area contributed by atoms with Gasteiger partial charge in [-0.3, -0.25) is 0 Å². The third-order valence-corrected chi connectivity index (χ3v) is 4.87. The summed E-state index contributed by atoms with van der Waals surface area (Å²) in [4.78, 5) is 19.1. The van der Waals surface area contributed by atoms with E-state index in [-0.39, 0.29) is 0 Å². The molecule has 1 saturated heterocycles. The van der Waals surface area contributed by atoms with Crippen LogP contribution in [0.2, 0.25) is 10.0 Å². The van der Waals surface area contributed by atoms with Gasteiger partial charge in [-0.25, -0.2) is 9.59 Å². The Morgan fingerprint density at radius 1 is 1.21 bits per heavy atom. The van der Waals surface area contributed by atoms with Gasteiger partial charge in [0.05, 0.1) is 16.7 Å². The molecule has 6 nitrogen and oxygen atoms in total. The molecule has 8 heteroatoms. The molecule has 0 aromatic heterocycles. The van der Waals surface area contributed by atoms with E-state index in [0.717, 1.165) is 32.7 Å². The van der Waals surface area contributed by atoms with Crippen molar-refractivity contribution in [1.29, 1.82) is 0 Å². The number of aliphatic carboxylic acids is 2. The molecule has 0 unspecified atom stereocenters. The van der Waals surface area contributed by atoms with Crippen molar-refractivity contribution in [3.05, 3.63) is 46.0 Å². The van der Waals surface area contributed by atoms with E-state index in [1.165, 1.54) is 5.56 Å². The average molecular weight is 432 g/mol. The summed E-state index contributed by atoms with van der Waals surface area (Å²) in [6.45, 7) is 8.03. The van der Waals surface area contributed by atoms with Crippen LogP contribution in [0.4, 0.5) is 0 Å². The van der Waals surface area contributed by atoms with Crippen molar-refractivity contribution in [2.24, 2.45) is 11.8 Å². The number of rotatable bonds is 7. The first-order chi connectivity index (χ1) is 13.2. The molecule has 28 heavy (non-hydrogen) atoms. The van der Waals surface area contributed by atoms with E-state index >= 15 is 0 Å². The van der Waals surface area contributed by atoms with E-state index in [1.807, 2.05) is 12.1 Å². The van der Waals surface area contributed by atoms with Gasteiger partial charge in [-0.2, -0.15) is 0 Å². The summed E-state index contributed by atoms with van der Waals surface area (Å²) in [6, 6.07) is 6.00. The van der Waals surface area contributed by atoms with Gasteiger partial charge in [-0.05, 0) is 42.5 Å². The molecule has 2 atom stereocenters. The highest BCUT2D eigenvalue weighted by Gasteiger charge is 2.27. The van der Waals surface area contributed by atoms with Crippen molar-refractivity contribution >= 4 is 35.1 Å². The molecule has 1 aliphatic rings. The molecule has 0 saturated carbocycles. The van der Waals surface area contributed by atoms with Crippen molar-refractivity contribution in [2.45, 2.75) is 26.2 Å². The fraction of sp³-hybridized carbons (Fsp3) is 0.500. The third kappa shape index (κ3) is 9.55. The maximum atomic E-state index is 9.55. The molecule has 0 radical (unpaired) electrons. The highest BCUT2D eigenvalue weighted by atomic mass is 35.5. The summed E-state index contributed by atoms with van der Waals surface area (Å²) in [5, 5.41) is 20.3. The van der Waals surface area contributed by atoms with Crippen LogP contribution >= 0.6 is 23.2 Å². The Bertz CT molecular complexity index is 663. The van der Waals surface area contributed by atoms with E-state index in [2.05, 4.69) is 25.2 Å². The highest BCUT2D eigenvalue weighted by molar-refractivity contribution is 6.42. The number of benzene rings is 1. The first-order valence-electron chi connectivity index (χ1n) is 9.08. The summed E-state index contributed by atoms with van der Waals surface area (Å²) in [5.41, 5.74) is 1.28. The second kappa shape index (κ2) is 12.8. The van der Waals surface area contributed by atoms with E-state index in [4.69, 9.17) is 38.2 Å². The van der Waals surface area contributed by atoms with Crippen LogP contribution in [-0.2, 0) is 14.3 Å². The Hall–Kier alpha value is -1.60. The normalized spacial score (nSPS) is 19.3. The third-order valence-electron chi connectivity index (χ3n) is 4.13. The van der Waals surface area contributed by atoms with Crippen molar-refractivity contribution in [3.63, 3.8) is 0 Å². The number of piperidine rings is 1. The Morgan fingerprint density at radius 2 is 1.86 bits per heavy atom. The maximum absolute atomic E-state index is 9.55. The second-order valence-electron chi connectivity index (χ2n) is 6.97. The monoisotopic (exact) mass is 431 g/mol. The molecule has 0 amide bonds. The van der Waals surface area contributed by atoms with Crippen LogP contribution in [0.25, 0.3) is 0 Å². The van der Waals surface area contributed by atoms with Crippen LogP contribution in [0.3, 0.4) is 0 Å². The van der Waals surface area contributed by atoms with E-state index < -0.39 is 11.9 Å². The zero-order valence-corrected chi connectivity index (χ0v) is 17.5. The number of halogens is 2. The molecule has 2 rings (SSSR count). The fourth-order valence-electron chi connectivity index (χ4n) is 2.88. The van der Waals surface area contributed by atoms with Gasteiger partial charge < -0.3 is 20.3 Å². The van der Waals surface area contributed by atoms with Gasteiger partial charge in [0.2, 0.25) is 0 Å². The number of hydrogen-bond donors (Lipinski definition) is 3. The zero-order chi connectivity index (χ0) is 21.1. The van der Waals surface area contributed by atoms with Crippen molar-refractivity contribution in [1.82, 2.24) is 5.32 Å². The number of carbonyl (C=O) groups is 2. The van der Waals surface area contributed by atoms with Gasteiger partial charge in [0.25, 0.3) is 0 Å². The van der Waals surface area contributed by atoms with Gasteiger partial charge in [-0.15, -0.1) is 0 Å². The lowest BCUT2D eigenvalue weighted by molar-refractivity contribution is -0.134. The molecule has 0 aliphatic carbocycles. The summed E-state index contributed by atoms with van der Waals surface area (Å²) in [6.07, 6.45) is 2.23. The van der Waals surface area contributed by atoms with Crippen LogP contribution in [0.15, 0.2) is 30.4 Å². The standard InChI is InChI=1S/C16H23Cl2NO.C4H4O4/c1-11(2)9-20-10-13-8-19-6-5-14(13)12-3-4-15(17)16(18)7-12;5-3(6)1-2-4(7)8/h3-4,7,11,13-14,19H,5-6,8-10H2,1-2H3;1-2H,(H,5,6)(H,7,8)/t13-,14+;/m0./s1. The molecule has 1 fully saturated rings. The van der Waals surface area contributed by atoms with Crippen molar-refractivity contribution in [2.75, 3.05) is 26.3 Å². The number of ether oxygens (including phenoxy) is 1. The van der Waals surface area contributed by atoms with Crippen LogP contribution in [-0.4, -0.2) is 48.5 Å². The summed E-state index contributed by atoms with van der Waals surface area (Å²) in [7, 11) is 0. The average Bonchev–Trinajstić information content (AvgIpc) is 2.63. The van der Waals surface area contributed by atoms with E-state index in [0.29, 0.717) is 40.0 Å². The molecule has 1 heterocycles. The first kappa shape index (κ1) is 24.4. The van der Waals surface area contributed by atoms with Crippen molar-refractivity contribution < 1.29 is 24.5 Å². The molecule has 1 aliphatic heterocycles. The quantitative estimate of drug-likeness (QED) is 0.563. The smallest absolute Gasteiger partial charge is 0.328 e. The molecule has 1 aromatic carbocycles. The van der Waals surface area contributed by atoms with Crippen molar-refractivity contribution in [3.8, 4) is 0 Å². The van der Waals surface area contributed by atoms with Gasteiger partial charge in [-0.1, -0.05) is 43.1 Å². The minimum atomic E-state index is -1.26. The minimum Gasteiger partial charge on any atom is -0.478 e. The summed E-state index contributed by atoms with van der Waals surface area (Å²) >= 11 is 12.2. The fourth-order valence-corrected chi connectivity index (χ4v) is 3.18. The molecule has 156 valence electrons. The number of carboxylic acid groups (broad SMARTS) is 2. The maximum Gasteiger partial charge on any atom is 0.328 e. The summed E-state index contributed by atoms with van der Waals surface area (Å²) < 4.78 is 5.84. The minimum absolute atomic E-state index is 0.498. The molecule has 0 spiro atoms. The zero-order valence-electron chi connectivity index (χ0n) is 16.0. The summed E-state index contributed by atoms with van der Waals surface area (Å²) in [5.74, 6) is -0.937. The lowest BCUT2D eigenvalue weighted by Crippen LogP contribution is -2.38. The molecule has 1 aromatic rings. The Balaban J connectivity index is 0.000000416. The largest absolute Gasteiger partial charge is 0.478 e. The van der Waals surface area contributed by atoms with Crippen LogP contribution in [0.1, 0.15) is 31.7 Å². The Kier molecular flexibility index (Phi) is 11.2. The lowest BCUT2D eigenvalue weighted by atomic mass is 9.81. The predicted molar refractivity (Wildman–Crippen MR) is 110 cm³/mol. The SMILES string of the molecule is CC(C)COC[C@@H]1CNCC[C@@H]1c1ccc(Cl)c(Cl)c1.O=C(O)C=CC(=O)O. The van der Waals surface area contributed by atoms with Gasteiger partial charge >= 0.3 is 11.9 Å². The number of hydrogen-bond acceptors (Lipinski definition) is 4. The predicted octanol–water partition coefficient (Wildman–Crippen LogP) is 4.07. The van der Waals surface area contributed by atoms with Crippen LogP contribution in [0.5, 0.6) is 0 Å². The number of nitrogens with one attached hydrogen (secondary N) is 1. The molecule has 3 N–H and O–H groups in total. The molecular weight excluding hydrogens is 405 g/mol. The topological polar surface area (TPSA) is 95.9 Å². The van der Waals surface area contributed by atoms with E-state index in [9.17, 15) is 9.59 Å².